The van der Waals surface area contributed by atoms with Crippen molar-refractivity contribution < 1.29 is 23.4 Å². The average Bonchev–Trinajstić information content (AvgIpc) is 2.42. The Morgan fingerprint density at radius 3 is 2.68 bits per heavy atom. The largest absolute Gasteiger partial charge is 0.385 e. The van der Waals surface area contributed by atoms with Gasteiger partial charge in [0.15, 0.2) is 0 Å². The van der Waals surface area contributed by atoms with Crippen LogP contribution >= 0.6 is 0 Å². The van der Waals surface area contributed by atoms with Gasteiger partial charge in [-0.05, 0) is 25.1 Å². The van der Waals surface area contributed by atoms with Gasteiger partial charge >= 0.3 is 0 Å². The molecule has 3 nitrogen and oxygen atoms in total. The van der Waals surface area contributed by atoms with Crippen molar-refractivity contribution in [2.24, 2.45) is 0 Å². The molecular formula is C14H18F2O3. The summed E-state index contributed by atoms with van der Waals surface area (Å²) in [5.74, 6) is -1.20. The van der Waals surface area contributed by atoms with Crippen LogP contribution in [0.3, 0.4) is 0 Å². The maximum Gasteiger partial charge on any atom is 0.129 e. The minimum absolute atomic E-state index is 0.0599. The first-order valence-electron chi connectivity index (χ1n) is 6.44. The molecule has 0 radical (unpaired) electrons. The predicted octanol–water partition coefficient (Wildman–Crippen LogP) is 2.58. The Morgan fingerprint density at radius 2 is 2.05 bits per heavy atom. The predicted molar refractivity (Wildman–Crippen MR) is 65.7 cm³/mol. The molecule has 1 aromatic rings. The van der Waals surface area contributed by atoms with Gasteiger partial charge in [0.05, 0.1) is 0 Å². The second-order valence-corrected chi connectivity index (χ2v) is 4.68. The quantitative estimate of drug-likeness (QED) is 0.915. The fraction of sp³-hybridized carbons (Fsp3) is 0.571. The van der Waals surface area contributed by atoms with Crippen LogP contribution in [0.4, 0.5) is 8.78 Å². The third kappa shape index (κ3) is 2.94. The summed E-state index contributed by atoms with van der Waals surface area (Å²) in [5, 5.41) is 10.4. The molecular weight excluding hydrogens is 254 g/mol. The molecule has 1 heterocycles. The average molecular weight is 272 g/mol. The van der Waals surface area contributed by atoms with Gasteiger partial charge in [-0.3, -0.25) is 0 Å². The molecule has 0 aliphatic carbocycles. The highest BCUT2D eigenvalue weighted by molar-refractivity contribution is 5.24. The molecule has 0 bridgehead atoms. The number of hydrogen-bond donors (Lipinski definition) is 1. The van der Waals surface area contributed by atoms with E-state index in [0.29, 0.717) is 32.7 Å². The van der Waals surface area contributed by atoms with Crippen LogP contribution in [0.15, 0.2) is 18.2 Å². The first-order chi connectivity index (χ1) is 9.09. The SMILES string of the molecule is CCOC1(C(O)c2cc(F)ccc2F)CCOCC1. The molecule has 2 rings (SSSR count). The number of rotatable bonds is 4. The second kappa shape index (κ2) is 5.94. The standard InChI is InChI=1S/C14H18F2O3/c1-2-19-14(5-7-18-8-6-14)13(17)11-9-10(15)3-4-12(11)16/h3-4,9,13,17H,2,5-8H2,1H3. The van der Waals surface area contributed by atoms with Crippen molar-refractivity contribution in [2.75, 3.05) is 19.8 Å². The van der Waals surface area contributed by atoms with Gasteiger partial charge in [-0.15, -0.1) is 0 Å². The Labute approximate surface area is 111 Å². The molecule has 1 fully saturated rings. The van der Waals surface area contributed by atoms with Crippen LogP contribution in [-0.4, -0.2) is 30.5 Å². The molecule has 106 valence electrons. The number of ether oxygens (including phenoxy) is 2. The van der Waals surface area contributed by atoms with Crippen molar-refractivity contribution >= 4 is 0 Å². The maximum absolute atomic E-state index is 13.8. The summed E-state index contributed by atoms with van der Waals surface area (Å²) in [6.07, 6.45) is -0.289. The molecule has 0 saturated carbocycles. The van der Waals surface area contributed by atoms with Crippen LogP contribution in [0, 0.1) is 11.6 Å². The molecule has 1 aliphatic heterocycles. The Kier molecular flexibility index (Phi) is 4.50. The number of hydrogen-bond acceptors (Lipinski definition) is 3. The van der Waals surface area contributed by atoms with Gasteiger partial charge in [0.1, 0.15) is 23.3 Å². The number of aliphatic hydroxyl groups excluding tert-OH is 1. The molecule has 1 atom stereocenters. The zero-order valence-electron chi connectivity index (χ0n) is 10.9. The van der Waals surface area contributed by atoms with Gasteiger partial charge in [-0.1, -0.05) is 0 Å². The van der Waals surface area contributed by atoms with Crippen molar-refractivity contribution in [1.29, 1.82) is 0 Å². The van der Waals surface area contributed by atoms with Gasteiger partial charge < -0.3 is 14.6 Å². The normalized spacial score (nSPS) is 20.2. The van der Waals surface area contributed by atoms with Gasteiger partial charge in [0, 0.05) is 38.2 Å². The summed E-state index contributed by atoms with van der Waals surface area (Å²) in [6, 6.07) is 3.08. The van der Waals surface area contributed by atoms with Crippen LogP contribution < -0.4 is 0 Å². The van der Waals surface area contributed by atoms with E-state index in [4.69, 9.17) is 9.47 Å². The molecule has 0 spiro atoms. The Morgan fingerprint density at radius 1 is 1.37 bits per heavy atom. The van der Waals surface area contributed by atoms with Crippen molar-refractivity contribution in [3.8, 4) is 0 Å². The summed E-state index contributed by atoms with van der Waals surface area (Å²) in [4.78, 5) is 0. The molecule has 19 heavy (non-hydrogen) atoms. The topological polar surface area (TPSA) is 38.7 Å². The van der Waals surface area contributed by atoms with Crippen molar-refractivity contribution in [1.82, 2.24) is 0 Å². The Hall–Kier alpha value is -1.04. The fourth-order valence-corrected chi connectivity index (χ4v) is 2.51. The molecule has 0 aromatic heterocycles. The summed E-state index contributed by atoms with van der Waals surface area (Å²) < 4.78 is 37.9. The summed E-state index contributed by atoms with van der Waals surface area (Å²) in [6.45, 7) is 3.09. The molecule has 1 N–H and O–H groups in total. The minimum atomic E-state index is -1.20. The lowest BCUT2D eigenvalue weighted by atomic mass is 9.84. The van der Waals surface area contributed by atoms with Crippen LogP contribution in [-0.2, 0) is 9.47 Å². The lowest BCUT2D eigenvalue weighted by Crippen LogP contribution is -2.45. The highest BCUT2D eigenvalue weighted by Gasteiger charge is 2.42. The highest BCUT2D eigenvalue weighted by Crippen LogP contribution is 2.38. The van der Waals surface area contributed by atoms with Crippen LogP contribution in [0.25, 0.3) is 0 Å². The van der Waals surface area contributed by atoms with Crippen LogP contribution in [0.2, 0.25) is 0 Å². The van der Waals surface area contributed by atoms with Gasteiger partial charge in [-0.25, -0.2) is 8.78 Å². The van der Waals surface area contributed by atoms with E-state index in [2.05, 4.69) is 0 Å². The molecule has 1 unspecified atom stereocenters. The Balaban J connectivity index is 2.32. The van der Waals surface area contributed by atoms with E-state index in [9.17, 15) is 13.9 Å². The van der Waals surface area contributed by atoms with E-state index in [1.165, 1.54) is 0 Å². The third-order valence-electron chi connectivity index (χ3n) is 3.52. The van der Waals surface area contributed by atoms with E-state index in [0.717, 1.165) is 18.2 Å². The lowest BCUT2D eigenvalue weighted by Gasteiger charge is -2.40. The third-order valence-corrected chi connectivity index (χ3v) is 3.52. The molecule has 1 aliphatic rings. The van der Waals surface area contributed by atoms with Crippen molar-refractivity contribution in [3.05, 3.63) is 35.4 Å². The highest BCUT2D eigenvalue weighted by atomic mass is 19.1. The first kappa shape index (κ1) is 14.4. The molecule has 1 saturated heterocycles. The fourth-order valence-electron chi connectivity index (χ4n) is 2.51. The summed E-state index contributed by atoms with van der Waals surface area (Å²) in [5.41, 5.74) is -0.961. The van der Waals surface area contributed by atoms with Gasteiger partial charge in [0.2, 0.25) is 0 Å². The number of aliphatic hydroxyl groups is 1. The molecule has 1 aromatic carbocycles. The number of halogens is 2. The molecule has 5 heteroatoms. The second-order valence-electron chi connectivity index (χ2n) is 4.68. The smallest absolute Gasteiger partial charge is 0.129 e. The van der Waals surface area contributed by atoms with E-state index in [-0.39, 0.29) is 5.56 Å². The zero-order chi connectivity index (χ0) is 13.9. The van der Waals surface area contributed by atoms with Gasteiger partial charge in [0.25, 0.3) is 0 Å². The van der Waals surface area contributed by atoms with Crippen LogP contribution in [0.5, 0.6) is 0 Å². The van der Waals surface area contributed by atoms with E-state index in [1.807, 2.05) is 6.92 Å². The molecule has 0 amide bonds. The minimum Gasteiger partial charge on any atom is -0.385 e. The lowest BCUT2D eigenvalue weighted by molar-refractivity contribution is -0.168. The van der Waals surface area contributed by atoms with E-state index < -0.39 is 23.3 Å². The monoisotopic (exact) mass is 272 g/mol. The zero-order valence-corrected chi connectivity index (χ0v) is 10.9. The maximum atomic E-state index is 13.8. The van der Waals surface area contributed by atoms with Crippen molar-refractivity contribution in [3.63, 3.8) is 0 Å². The van der Waals surface area contributed by atoms with Gasteiger partial charge in [-0.2, -0.15) is 0 Å². The van der Waals surface area contributed by atoms with Crippen LogP contribution in [0.1, 0.15) is 31.4 Å². The summed E-state index contributed by atoms with van der Waals surface area (Å²) >= 11 is 0. The van der Waals surface area contributed by atoms with E-state index in [1.54, 1.807) is 0 Å². The van der Waals surface area contributed by atoms with Crippen molar-refractivity contribution in [2.45, 2.75) is 31.5 Å². The van der Waals surface area contributed by atoms with E-state index >= 15 is 0 Å². The number of benzene rings is 1. The summed E-state index contributed by atoms with van der Waals surface area (Å²) in [7, 11) is 0. The first-order valence-corrected chi connectivity index (χ1v) is 6.44. The Bertz CT molecular complexity index is 425.